The van der Waals surface area contributed by atoms with Gasteiger partial charge < -0.3 is 15.0 Å². The maximum absolute atomic E-state index is 12.5. The third kappa shape index (κ3) is 4.71. The minimum atomic E-state index is 0.0953. The molecule has 1 aromatic carbocycles. The highest BCUT2D eigenvalue weighted by Crippen LogP contribution is 2.19. The lowest BCUT2D eigenvalue weighted by Crippen LogP contribution is -2.49. The molecule has 0 aromatic heterocycles. The van der Waals surface area contributed by atoms with Gasteiger partial charge in [0.2, 0.25) is 0 Å². The largest absolute Gasteiger partial charge is 0.379 e. The maximum Gasteiger partial charge on any atom is 0.317 e. The van der Waals surface area contributed by atoms with Gasteiger partial charge >= 0.3 is 6.03 Å². The van der Waals surface area contributed by atoms with E-state index in [1.807, 2.05) is 4.90 Å². The Morgan fingerprint density at radius 1 is 1.21 bits per heavy atom. The predicted molar refractivity (Wildman–Crippen MR) is 95.3 cm³/mol. The number of urea groups is 1. The van der Waals surface area contributed by atoms with E-state index in [9.17, 15) is 4.79 Å². The molecule has 0 bridgehead atoms. The van der Waals surface area contributed by atoms with Gasteiger partial charge in [-0.2, -0.15) is 0 Å². The molecule has 132 valence electrons. The van der Waals surface area contributed by atoms with Crippen molar-refractivity contribution in [1.82, 2.24) is 15.1 Å². The first-order chi connectivity index (χ1) is 11.7. The molecule has 2 saturated heterocycles. The smallest absolute Gasteiger partial charge is 0.317 e. The Balaban J connectivity index is 1.43. The fourth-order valence-electron chi connectivity index (χ4n) is 3.54. The van der Waals surface area contributed by atoms with Crippen LogP contribution < -0.4 is 5.32 Å². The van der Waals surface area contributed by atoms with E-state index < -0.39 is 0 Å². The zero-order valence-corrected chi connectivity index (χ0v) is 14.7. The van der Waals surface area contributed by atoms with Crippen LogP contribution in [0.5, 0.6) is 0 Å². The normalized spacial score (nSPS) is 21.9. The Morgan fingerprint density at radius 3 is 2.71 bits per heavy atom. The Kier molecular flexibility index (Phi) is 6.10. The van der Waals surface area contributed by atoms with Gasteiger partial charge in [-0.05, 0) is 31.7 Å². The van der Waals surface area contributed by atoms with Crippen LogP contribution >= 0.6 is 0 Å². The van der Waals surface area contributed by atoms with Gasteiger partial charge in [0.25, 0.3) is 0 Å². The lowest BCUT2D eigenvalue weighted by atomic mass is 10.1. The predicted octanol–water partition coefficient (Wildman–Crippen LogP) is 2.04. The van der Waals surface area contributed by atoms with E-state index in [1.54, 1.807) is 0 Å². The summed E-state index contributed by atoms with van der Waals surface area (Å²) in [5.41, 5.74) is 2.54. The number of hydrogen-bond donors (Lipinski definition) is 1. The third-order valence-electron chi connectivity index (χ3n) is 5.02. The van der Waals surface area contributed by atoms with Crippen LogP contribution in [0.2, 0.25) is 0 Å². The van der Waals surface area contributed by atoms with Crippen molar-refractivity contribution in [2.45, 2.75) is 32.2 Å². The Labute approximate surface area is 145 Å². The van der Waals surface area contributed by atoms with Crippen molar-refractivity contribution in [2.24, 2.45) is 0 Å². The van der Waals surface area contributed by atoms with Crippen molar-refractivity contribution in [3.8, 4) is 0 Å². The van der Waals surface area contributed by atoms with Crippen LogP contribution in [0.15, 0.2) is 24.3 Å². The van der Waals surface area contributed by atoms with Gasteiger partial charge in [0.15, 0.2) is 0 Å². The number of aryl methyl sites for hydroxylation is 1. The maximum atomic E-state index is 12.5. The van der Waals surface area contributed by atoms with Crippen LogP contribution in [0, 0.1) is 6.92 Å². The van der Waals surface area contributed by atoms with E-state index in [4.69, 9.17) is 4.74 Å². The first-order valence-corrected chi connectivity index (χ1v) is 9.12. The molecule has 3 rings (SSSR count). The first kappa shape index (κ1) is 17.2. The number of morpholine rings is 1. The van der Waals surface area contributed by atoms with Crippen molar-refractivity contribution in [3.05, 3.63) is 35.4 Å². The molecule has 0 aliphatic carbocycles. The average molecular weight is 331 g/mol. The van der Waals surface area contributed by atoms with Crippen molar-refractivity contribution in [1.29, 1.82) is 0 Å². The summed E-state index contributed by atoms with van der Waals surface area (Å²) < 4.78 is 5.41. The number of ether oxygens (including phenoxy) is 1. The van der Waals surface area contributed by atoms with Crippen LogP contribution in [0.4, 0.5) is 4.79 Å². The number of hydrogen-bond acceptors (Lipinski definition) is 3. The molecular weight excluding hydrogens is 302 g/mol. The molecule has 2 aliphatic heterocycles. The van der Waals surface area contributed by atoms with Gasteiger partial charge in [-0.15, -0.1) is 0 Å². The van der Waals surface area contributed by atoms with Crippen molar-refractivity contribution >= 4 is 6.03 Å². The number of carbonyl (C=O) groups excluding carboxylic acids is 1. The minimum Gasteiger partial charge on any atom is -0.379 e. The van der Waals surface area contributed by atoms with Crippen molar-refractivity contribution in [2.75, 3.05) is 45.9 Å². The molecule has 5 nitrogen and oxygen atoms in total. The lowest BCUT2D eigenvalue weighted by Gasteiger charge is -2.32. The molecule has 24 heavy (non-hydrogen) atoms. The Bertz CT molecular complexity index is 526. The van der Waals surface area contributed by atoms with Crippen LogP contribution in [0.3, 0.4) is 0 Å². The van der Waals surface area contributed by atoms with Gasteiger partial charge in [0, 0.05) is 38.8 Å². The Morgan fingerprint density at radius 2 is 1.96 bits per heavy atom. The number of amides is 2. The summed E-state index contributed by atoms with van der Waals surface area (Å²) in [6.45, 7) is 8.25. The molecule has 5 heteroatoms. The third-order valence-corrected chi connectivity index (χ3v) is 5.02. The zero-order chi connectivity index (χ0) is 16.8. The van der Waals surface area contributed by atoms with Crippen LogP contribution in [-0.2, 0) is 11.2 Å². The highest BCUT2D eigenvalue weighted by molar-refractivity contribution is 5.74. The molecule has 0 radical (unpaired) electrons. The number of benzene rings is 1. The molecular formula is C19H29N3O2. The molecule has 2 amide bonds. The highest BCUT2D eigenvalue weighted by atomic mass is 16.5. The quantitative estimate of drug-likeness (QED) is 0.898. The zero-order valence-electron chi connectivity index (χ0n) is 14.7. The number of rotatable bonds is 5. The molecule has 2 aliphatic rings. The standard InChI is InChI=1S/C19H29N3O2/c1-16-4-6-17(7-5-16)8-9-20-19(23)22-10-2-3-18(22)15-21-11-13-24-14-12-21/h4-7,18H,2-3,8-15H2,1H3,(H,20,23). The van der Waals surface area contributed by atoms with Crippen molar-refractivity contribution in [3.63, 3.8) is 0 Å². The van der Waals surface area contributed by atoms with Gasteiger partial charge in [-0.3, -0.25) is 4.90 Å². The summed E-state index contributed by atoms with van der Waals surface area (Å²) in [6.07, 6.45) is 3.11. The number of nitrogens with zero attached hydrogens (tertiary/aromatic N) is 2. The SMILES string of the molecule is Cc1ccc(CCNC(=O)N2CCCC2CN2CCOCC2)cc1. The van der Waals surface area contributed by atoms with Crippen molar-refractivity contribution < 1.29 is 9.53 Å². The van der Waals surface area contributed by atoms with Crippen LogP contribution in [0.25, 0.3) is 0 Å². The van der Waals surface area contributed by atoms with E-state index in [-0.39, 0.29) is 6.03 Å². The average Bonchev–Trinajstić information content (AvgIpc) is 3.06. The number of likely N-dealkylation sites (tertiary alicyclic amines) is 1. The molecule has 0 saturated carbocycles. The summed E-state index contributed by atoms with van der Waals surface area (Å²) >= 11 is 0. The summed E-state index contributed by atoms with van der Waals surface area (Å²) in [4.78, 5) is 17.0. The van der Waals surface area contributed by atoms with E-state index in [1.165, 1.54) is 11.1 Å². The molecule has 1 N–H and O–H groups in total. The summed E-state index contributed by atoms with van der Waals surface area (Å²) in [5, 5.41) is 3.10. The second-order valence-corrected chi connectivity index (χ2v) is 6.87. The van der Waals surface area contributed by atoms with Gasteiger partial charge in [-0.25, -0.2) is 4.79 Å². The number of carbonyl (C=O) groups is 1. The second kappa shape index (κ2) is 8.49. The van der Waals surface area contributed by atoms with Gasteiger partial charge in [0.1, 0.15) is 0 Å². The molecule has 2 fully saturated rings. The first-order valence-electron chi connectivity index (χ1n) is 9.12. The molecule has 1 unspecified atom stereocenters. The molecule has 1 aromatic rings. The van der Waals surface area contributed by atoms with Gasteiger partial charge in [0.05, 0.1) is 13.2 Å². The highest BCUT2D eigenvalue weighted by Gasteiger charge is 2.30. The summed E-state index contributed by atoms with van der Waals surface area (Å²) in [7, 11) is 0. The molecule has 2 heterocycles. The van der Waals surface area contributed by atoms with E-state index in [2.05, 4.69) is 41.4 Å². The minimum absolute atomic E-state index is 0.0953. The fourth-order valence-corrected chi connectivity index (χ4v) is 3.54. The van der Waals surface area contributed by atoms with E-state index >= 15 is 0 Å². The molecule has 0 spiro atoms. The van der Waals surface area contributed by atoms with Crippen LogP contribution in [0.1, 0.15) is 24.0 Å². The summed E-state index contributed by atoms with van der Waals surface area (Å²) in [5.74, 6) is 0. The Hall–Kier alpha value is -1.59. The topological polar surface area (TPSA) is 44.8 Å². The van der Waals surface area contributed by atoms with Crippen LogP contribution in [-0.4, -0.2) is 67.8 Å². The fraction of sp³-hybridized carbons (Fsp3) is 0.632. The monoisotopic (exact) mass is 331 g/mol. The van der Waals surface area contributed by atoms with E-state index in [0.717, 1.165) is 58.7 Å². The number of nitrogens with one attached hydrogen (secondary N) is 1. The second-order valence-electron chi connectivity index (χ2n) is 6.87. The lowest BCUT2D eigenvalue weighted by molar-refractivity contribution is 0.0292. The molecule has 1 atom stereocenters. The van der Waals surface area contributed by atoms with E-state index in [0.29, 0.717) is 12.6 Å². The summed E-state index contributed by atoms with van der Waals surface area (Å²) in [6, 6.07) is 8.96. The van der Waals surface area contributed by atoms with Gasteiger partial charge in [-0.1, -0.05) is 29.8 Å².